The highest BCUT2D eigenvalue weighted by molar-refractivity contribution is 8.00. The molecule has 5 nitrogen and oxygen atoms in total. The summed E-state index contributed by atoms with van der Waals surface area (Å²) < 4.78 is 0. The number of para-hydroxylation sites is 1. The fourth-order valence-corrected chi connectivity index (χ4v) is 5.67. The second-order valence-corrected chi connectivity index (χ2v) is 9.20. The Balaban J connectivity index is 1.40. The molecule has 0 saturated carbocycles. The van der Waals surface area contributed by atoms with Gasteiger partial charge < -0.3 is 9.80 Å². The summed E-state index contributed by atoms with van der Waals surface area (Å²) in [4.78, 5) is 28.6. The number of hydrogen-bond acceptors (Lipinski definition) is 6. The molecule has 4 rings (SSSR count). The predicted octanol–water partition coefficient (Wildman–Crippen LogP) is 4.06. The molecule has 1 aliphatic rings. The maximum Gasteiger partial charge on any atom is 0.233 e. The Morgan fingerprint density at radius 1 is 1.07 bits per heavy atom. The van der Waals surface area contributed by atoms with Crippen LogP contribution in [0.15, 0.2) is 35.4 Å². The highest BCUT2D eigenvalue weighted by Crippen LogP contribution is 2.35. The lowest BCUT2D eigenvalue weighted by Gasteiger charge is -2.36. The average Bonchev–Trinajstić information content (AvgIpc) is 3.00. The van der Waals surface area contributed by atoms with Crippen LogP contribution in [0.3, 0.4) is 0 Å². The van der Waals surface area contributed by atoms with Crippen molar-refractivity contribution in [1.29, 1.82) is 0 Å². The molecule has 28 heavy (non-hydrogen) atoms. The fraction of sp³-hybridized carbons (Fsp3) is 0.381. The van der Waals surface area contributed by atoms with E-state index >= 15 is 0 Å². The third kappa shape index (κ3) is 3.86. The van der Waals surface area contributed by atoms with Crippen LogP contribution in [0.1, 0.15) is 16.3 Å². The summed E-state index contributed by atoms with van der Waals surface area (Å²) in [6.07, 6.45) is 0. The number of anilines is 1. The molecule has 1 aromatic carbocycles. The molecule has 0 radical (unpaired) electrons. The zero-order chi connectivity index (χ0) is 19.7. The Bertz CT molecular complexity index is 995. The minimum Gasteiger partial charge on any atom is -0.368 e. The second kappa shape index (κ2) is 8.09. The van der Waals surface area contributed by atoms with Crippen LogP contribution >= 0.6 is 23.1 Å². The standard InChI is InChI=1S/C21H24N4OS2/c1-14-15(2)28-21-19(14)20(22-16(3)23-21)27-13-18(26)25-11-9-24(10-12-25)17-7-5-4-6-8-17/h4-8H,9-13H2,1-3H3. The molecule has 1 saturated heterocycles. The number of rotatable bonds is 4. The van der Waals surface area contributed by atoms with Crippen molar-refractivity contribution in [3.05, 3.63) is 46.6 Å². The van der Waals surface area contributed by atoms with Gasteiger partial charge in [0.25, 0.3) is 0 Å². The Morgan fingerprint density at radius 3 is 2.50 bits per heavy atom. The summed E-state index contributed by atoms with van der Waals surface area (Å²) in [6, 6.07) is 10.4. The third-order valence-corrected chi connectivity index (χ3v) is 7.25. The van der Waals surface area contributed by atoms with Crippen LogP contribution in [-0.2, 0) is 4.79 Å². The van der Waals surface area contributed by atoms with Crippen molar-refractivity contribution < 1.29 is 4.79 Å². The van der Waals surface area contributed by atoms with Crippen LogP contribution in [0, 0.1) is 20.8 Å². The number of hydrogen-bond donors (Lipinski definition) is 0. The maximum atomic E-state index is 12.8. The molecular formula is C21H24N4OS2. The lowest BCUT2D eigenvalue weighted by atomic mass is 10.2. The number of aryl methyl sites for hydroxylation is 3. The normalized spacial score (nSPS) is 14.7. The lowest BCUT2D eigenvalue weighted by molar-refractivity contribution is -0.128. The Labute approximate surface area is 173 Å². The van der Waals surface area contributed by atoms with Crippen LogP contribution < -0.4 is 4.90 Å². The molecule has 0 N–H and O–H groups in total. The largest absolute Gasteiger partial charge is 0.368 e. The van der Waals surface area contributed by atoms with E-state index in [0.717, 1.165) is 47.2 Å². The Morgan fingerprint density at radius 2 is 1.79 bits per heavy atom. The SMILES string of the molecule is Cc1nc(SCC(=O)N2CCN(c3ccccc3)CC2)c2c(C)c(C)sc2n1. The zero-order valence-electron chi connectivity index (χ0n) is 16.4. The van der Waals surface area contributed by atoms with E-state index in [2.05, 4.69) is 53.0 Å². The van der Waals surface area contributed by atoms with Gasteiger partial charge in [-0.1, -0.05) is 30.0 Å². The van der Waals surface area contributed by atoms with Gasteiger partial charge in [-0.05, 0) is 38.5 Å². The minimum absolute atomic E-state index is 0.187. The number of thiophene rings is 1. The molecule has 2 aromatic heterocycles. The molecule has 0 bridgehead atoms. The van der Waals surface area contributed by atoms with Gasteiger partial charge in [-0.3, -0.25) is 4.79 Å². The summed E-state index contributed by atoms with van der Waals surface area (Å²) in [5.41, 5.74) is 2.46. The first-order valence-electron chi connectivity index (χ1n) is 9.48. The van der Waals surface area contributed by atoms with Crippen molar-refractivity contribution in [1.82, 2.24) is 14.9 Å². The highest BCUT2D eigenvalue weighted by Gasteiger charge is 2.22. The van der Waals surface area contributed by atoms with E-state index in [1.165, 1.54) is 16.1 Å². The number of amides is 1. The molecule has 146 valence electrons. The van der Waals surface area contributed by atoms with Crippen molar-refractivity contribution in [2.45, 2.75) is 25.8 Å². The van der Waals surface area contributed by atoms with Crippen LogP contribution in [-0.4, -0.2) is 52.7 Å². The first-order chi connectivity index (χ1) is 13.5. The van der Waals surface area contributed by atoms with E-state index in [1.54, 1.807) is 23.1 Å². The van der Waals surface area contributed by atoms with Gasteiger partial charge >= 0.3 is 0 Å². The van der Waals surface area contributed by atoms with Gasteiger partial charge in [-0.2, -0.15) is 0 Å². The average molecular weight is 413 g/mol. The van der Waals surface area contributed by atoms with Crippen molar-refractivity contribution >= 4 is 44.9 Å². The maximum absolute atomic E-state index is 12.8. The quantitative estimate of drug-likeness (QED) is 0.478. The van der Waals surface area contributed by atoms with E-state index in [-0.39, 0.29) is 5.91 Å². The topological polar surface area (TPSA) is 49.3 Å². The smallest absolute Gasteiger partial charge is 0.233 e. The van der Waals surface area contributed by atoms with Gasteiger partial charge in [0.1, 0.15) is 15.7 Å². The fourth-order valence-electron chi connectivity index (χ4n) is 3.49. The van der Waals surface area contributed by atoms with Crippen LogP contribution in [0.5, 0.6) is 0 Å². The summed E-state index contributed by atoms with van der Waals surface area (Å²) >= 11 is 3.24. The van der Waals surface area contributed by atoms with Crippen molar-refractivity contribution in [3.8, 4) is 0 Å². The monoisotopic (exact) mass is 412 g/mol. The minimum atomic E-state index is 0.187. The molecule has 7 heteroatoms. The van der Waals surface area contributed by atoms with Crippen LogP contribution in [0.4, 0.5) is 5.69 Å². The van der Waals surface area contributed by atoms with Gasteiger partial charge in [-0.25, -0.2) is 9.97 Å². The van der Waals surface area contributed by atoms with Gasteiger partial charge in [-0.15, -0.1) is 11.3 Å². The summed E-state index contributed by atoms with van der Waals surface area (Å²) in [5, 5.41) is 2.04. The van der Waals surface area contributed by atoms with E-state index in [9.17, 15) is 4.79 Å². The van der Waals surface area contributed by atoms with Gasteiger partial charge in [0, 0.05) is 42.1 Å². The van der Waals surface area contributed by atoms with Crippen molar-refractivity contribution in [3.63, 3.8) is 0 Å². The molecule has 1 amide bonds. The van der Waals surface area contributed by atoms with Gasteiger partial charge in [0.2, 0.25) is 5.91 Å². The molecule has 0 unspecified atom stereocenters. The van der Waals surface area contributed by atoms with Crippen LogP contribution in [0.25, 0.3) is 10.2 Å². The molecular weight excluding hydrogens is 388 g/mol. The van der Waals surface area contributed by atoms with Gasteiger partial charge in [0.15, 0.2) is 0 Å². The van der Waals surface area contributed by atoms with E-state index in [0.29, 0.717) is 5.75 Å². The third-order valence-electron chi connectivity index (χ3n) is 5.19. The zero-order valence-corrected chi connectivity index (χ0v) is 18.1. The predicted molar refractivity (Wildman–Crippen MR) is 118 cm³/mol. The molecule has 0 aliphatic carbocycles. The van der Waals surface area contributed by atoms with Crippen molar-refractivity contribution in [2.75, 3.05) is 36.8 Å². The number of aromatic nitrogens is 2. The molecule has 1 fully saturated rings. The highest BCUT2D eigenvalue weighted by atomic mass is 32.2. The number of carbonyl (C=O) groups excluding carboxylic acids is 1. The Hall–Kier alpha value is -2.12. The number of benzene rings is 1. The number of carbonyl (C=O) groups is 1. The number of piperazine rings is 1. The summed E-state index contributed by atoms with van der Waals surface area (Å²) in [7, 11) is 0. The number of fused-ring (bicyclic) bond motifs is 1. The summed E-state index contributed by atoms with van der Waals surface area (Å²) in [5.74, 6) is 1.37. The molecule has 3 aromatic rings. The summed E-state index contributed by atoms with van der Waals surface area (Å²) in [6.45, 7) is 9.43. The van der Waals surface area contributed by atoms with E-state index in [4.69, 9.17) is 0 Å². The molecule has 3 heterocycles. The molecule has 0 spiro atoms. The van der Waals surface area contributed by atoms with Crippen molar-refractivity contribution in [2.24, 2.45) is 0 Å². The van der Waals surface area contributed by atoms with Crippen LogP contribution in [0.2, 0.25) is 0 Å². The second-order valence-electron chi connectivity index (χ2n) is 7.03. The number of nitrogens with zero attached hydrogens (tertiary/aromatic N) is 4. The lowest BCUT2D eigenvalue weighted by Crippen LogP contribution is -2.49. The first-order valence-corrected chi connectivity index (χ1v) is 11.3. The van der Waals surface area contributed by atoms with E-state index in [1.807, 2.05) is 17.9 Å². The molecule has 1 aliphatic heterocycles. The van der Waals surface area contributed by atoms with Gasteiger partial charge in [0.05, 0.1) is 5.75 Å². The molecule has 0 atom stereocenters. The first kappa shape index (κ1) is 19.2. The van der Waals surface area contributed by atoms with E-state index < -0.39 is 0 Å². The Kier molecular flexibility index (Phi) is 5.55. The number of thioether (sulfide) groups is 1.